The molecule has 0 unspecified atom stereocenters. The van der Waals surface area contributed by atoms with Gasteiger partial charge in [0.05, 0.1) is 28.4 Å². The maximum Gasteiger partial charge on any atom is 0.180 e. The Balaban J connectivity index is 3.60. The Morgan fingerprint density at radius 2 is 0.750 bits per heavy atom. The van der Waals surface area contributed by atoms with Crippen LogP contribution in [0.15, 0.2) is 8.95 Å². The molecular weight excluding hydrogens is 344 g/mol. The lowest BCUT2D eigenvalue weighted by Crippen LogP contribution is -1.99. The topological polar surface area (TPSA) is 36.9 Å². The van der Waals surface area contributed by atoms with Gasteiger partial charge in [0.15, 0.2) is 23.0 Å². The molecule has 4 nitrogen and oxygen atoms in total. The summed E-state index contributed by atoms with van der Waals surface area (Å²) in [6.45, 7) is 0. The molecule has 0 fully saturated rings. The van der Waals surface area contributed by atoms with Crippen LogP contribution >= 0.6 is 31.9 Å². The third-order valence-electron chi connectivity index (χ3n) is 2.03. The van der Waals surface area contributed by atoms with E-state index in [9.17, 15) is 0 Å². The van der Waals surface area contributed by atoms with Crippen LogP contribution in [0.3, 0.4) is 0 Å². The van der Waals surface area contributed by atoms with E-state index in [0.29, 0.717) is 31.9 Å². The molecule has 0 aliphatic rings. The van der Waals surface area contributed by atoms with Crippen LogP contribution in [-0.2, 0) is 0 Å². The maximum absolute atomic E-state index is 5.25. The van der Waals surface area contributed by atoms with E-state index in [4.69, 9.17) is 18.9 Å². The Labute approximate surface area is 111 Å². The lowest BCUT2D eigenvalue weighted by Gasteiger charge is -2.17. The molecule has 16 heavy (non-hydrogen) atoms. The number of halogens is 2. The molecule has 1 aromatic rings. The van der Waals surface area contributed by atoms with Gasteiger partial charge in [-0.25, -0.2) is 0 Å². The lowest BCUT2D eigenvalue weighted by molar-refractivity contribution is 0.322. The highest BCUT2D eigenvalue weighted by Gasteiger charge is 2.24. The minimum absolute atomic E-state index is 0.548. The molecule has 0 heterocycles. The van der Waals surface area contributed by atoms with Gasteiger partial charge in [0, 0.05) is 0 Å². The number of rotatable bonds is 4. The van der Waals surface area contributed by atoms with Crippen molar-refractivity contribution in [2.45, 2.75) is 0 Å². The summed E-state index contributed by atoms with van der Waals surface area (Å²) in [5.41, 5.74) is 0. The van der Waals surface area contributed by atoms with Crippen molar-refractivity contribution in [2.75, 3.05) is 28.4 Å². The fraction of sp³-hybridized carbons (Fsp3) is 0.400. The van der Waals surface area contributed by atoms with Gasteiger partial charge in [-0.2, -0.15) is 0 Å². The van der Waals surface area contributed by atoms with E-state index >= 15 is 0 Å². The molecule has 0 bridgehead atoms. The fourth-order valence-electron chi connectivity index (χ4n) is 1.33. The Hall–Kier alpha value is -0.620. The van der Waals surface area contributed by atoms with Crippen molar-refractivity contribution in [1.29, 1.82) is 0 Å². The third kappa shape index (κ3) is 2.08. The standard InChI is InChI=1S/C10H12Br2O4/c1-13-7-5(11)9(15-3)10(16-4)6(12)8(7)14-2/h1-4H3. The first kappa shape index (κ1) is 13.4. The van der Waals surface area contributed by atoms with Gasteiger partial charge in [-0.15, -0.1) is 0 Å². The van der Waals surface area contributed by atoms with E-state index < -0.39 is 0 Å². The van der Waals surface area contributed by atoms with E-state index in [1.165, 1.54) is 0 Å². The Kier molecular flexibility index (Phi) is 4.73. The van der Waals surface area contributed by atoms with Crippen LogP contribution in [0.2, 0.25) is 0 Å². The van der Waals surface area contributed by atoms with Crippen molar-refractivity contribution in [3.8, 4) is 23.0 Å². The molecule has 0 atom stereocenters. The molecule has 6 heteroatoms. The zero-order chi connectivity index (χ0) is 12.3. The second-order valence-corrected chi connectivity index (χ2v) is 4.35. The highest BCUT2D eigenvalue weighted by molar-refractivity contribution is 9.11. The Morgan fingerprint density at radius 3 is 0.875 bits per heavy atom. The van der Waals surface area contributed by atoms with Crippen LogP contribution in [0, 0.1) is 0 Å². The molecular formula is C10H12Br2O4. The molecule has 0 aliphatic carbocycles. The molecule has 0 aliphatic heterocycles. The van der Waals surface area contributed by atoms with Crippen molar-refractivity contribution < 1.29 is 18.9 Å². The summed E-state index contributed by atoms with van der Waals surface area (Å²) < 4.78 is 22.3. The average Bonchev–Trinajstić information content (AvgIpc) is 2.30. The zero-order valence-electron chi connectivity index (χ0n) is 9.39. The van der Waals surface area contributed by atoms with Crippen molar-refractivity contribution in [1.82, 2.24) is 0 Å². The minimum Gasteiger partial charge on any atom is -0.492 e. The molecule has 1 rings (SSSR count). The molecule has 1 aromatic carbocycles. The number of ether oxygens (including phenoxy) is 4. The fourth-order valence-corrected chi connectivity index (χ4v) is 2.70. The molecule has 0 amide bonds. The van der Waals surface area contributed by atoms with Crippen molar-refractivity contribution in [3.63, 3.8) is 0 Å². The summed E-state index contributed by atoms with van der Waals surface area (Å²) in [5, 5.41) is 0. The molecule has 0 aromatic heterocycles. The normalized spacial score (nSPS) is 9.88. The second-order valence-electron chi connectivity index (χ2n) is 2.76. The first-order valence-electron chi connectivity index (χ1n) is 4.33. The van der Waals surface area contributed by atoms with Crippen LogP contribution in [-0.4, -0.2) is 28.4 Å². The summed E-state index contributed by atoms with van der Waals surface area (Å²) in [6, 6.07) is 0. The predicted molar refractivity (Wildman–Crippen MR) is 68.1 cm³/mol. The number of benzene rings is 1. The lowest BCUT2D eigenvalue weighted by atomic mass is 10.2. The maximum atomic E-state index is 5.25. The summed E-state index contributed by atoms with van der Waals surface area (Å²) in [5.74, 6) is 2.19. The Bertz CT molecular complexity index is 323. The van der Waals surface area contributed by atoms with E-state index in [0.717, 1.165) is 0 Å². The van der Waals surface area contributed by atoms with Crippen LogP contribution in [0.5, 0.6) is 23.0 Å². The van der Waals surface area contributed by atoms with Gasteiger partial charge < -0.3 is 18.9 Å². The van der Waals surface area contributed by atoms with Gasteiger partial charge in [-0.3, -0.25) is 0 Å². The average molecular weight is 356 g/mol. The van der Waals surface area contributed by atoms with Gasteiger partial charge in [0.25, 0.3) is 0 Å². The predicted octanol–water partition coefficient (Wildman–Crippen LogP) is 3.25. The summed E-state index contributed by atoms with van der Waals surface area (Å²) in [4.78, 5) is 0. The molecule has 0 radical (unpaired) electrons. The number of methoxy groups -OCH3 is 4. The second kappa shape index (κ2) is 5.63. The van der Waals surface area contributed by atoms with Gasteiger partial charge >= 0.3 is 0 Å². The van der Waals surface area contributed by atoms with Crippen LogP contribution in [0.25, 0.3) is 0 Å². The van der Waals surface area contributed by atoms with E-state index in [2.05, 4.69) is 31.9 Å². The molecule has 0 saturated heterocycles. The zero-order valence-corrected chi connectivity index (χ0v) is 12.6. The summed E-state index contributed by atoms with van der Waals surface area (Å²) in [6.07, 6.45) is 0. The third-order valence-corrected chi connectivity index (χ3v) is 3.47. The van der Waals surface area contributed by atoms with Crippen molar-refractivity contribution >= 4 is 31.9 Å². The van der Waals surface area contributed by atoms with Crippen LogP contribution in [0.1, 0.15) is 0 Å². The first-order valence-corrected chi connectivity index (χ1v) is 5.91. The monoisotopic (exact) mass is 354 g/mol. The number of hydrogen-bond donors (Lipinski definition) is 0. The van der Waals surface area contributed by atoms with E-state index in [1.54, 1.807) is 28.4 Å². The van der Waals surface area contributed by atoms with Gasteiger partial charge in [0.2, 0.25) is 0 Å². The Morgan fingerprint density at radius 1 is 0.562 bits per heavy atom. The van der Waals surface area contributed by atoms with E-state index in [-0.39, 0.29) is 0 Å². The van der Waals surface area contributed by atoms with Crippen molar-refractivity contribution in [3.05, 3.63) is 8.95 Å². The van der Waals surface area contributed by atoms with Gasteiger partial charge in [-0.05, 0) is 31.9 Å². The largest absolute Gasteiger partial charge is 0.492 e. The first-order chi connectivity index (χ1) is 7.62. The minimum atomic E-state index is 0.548. The molecule has 0 saturated carbocycles. The van der Waals surface area contributed by atoms with Crippen molar-refractivity contribution in [2.24, 2.45) is 0 Å². The SMILES string of the molecule is COc1c(Br)c(OC)c(OC)c(Br)c1OC. The smallest absolute Gasteiger partial charge is 0.180 e. The quantitative estimate of drug-likeness (QED) is 0.830. The van der Waals surface area contributed by atoms with Crippen LogP contribution < -0.4 is 18.9 Å². The van der Waals surface area contributed by atoms with Gasteiger partial charge in [0.1, 0.15) is 8.95 Å². The number of hydrogen-bond acceptors (Lipinski definition) is 4. The molecule has 90 valence electrons. The van der Waals surface area contributed by atoms with E-state index in [1.807, 2.05) is 0 Å². The van der Waals surface area contributed by atoms with Crippen LogP contribution in [0.4, 0.5) is 0 Å². The molecule has 0 N–H and O–H groups in total. The molecule has 0 spiro atoms. The highest BCUT2D eigenvalue weighted by atomic mass is 79.9. The highest BCUT2D eigenvalue weighted by Crippen LogP contribution is 2.53. The summed E-state index contributed by atoms with van der Waals surface area (Å²) >= 11 is 6.78. The summed E-state index contributed by atoms with van der Waals surface area (Å²) in [7, 11) is 6.23. The van der Waals surface area contributed by atoms with Gasteiger partial charge in [-0.1, -0.05) is 0 Å².